The molecule has 0 aliphatic heterocycles. The number of nitrogens with zero attached hydrogens (tertiary/aromatic N) is 2. The van der Waals surface area contributed by atoms with Gasteiger partial charge >= 0.3 is 0 Å². The molecule has 1 aromatic heterocycles. The molecule has 0 saturated heterocycles. The summed E-state index contributed by atoms with van der Waals surface area (Å²) in [6, 6.07) is 7.31. The fraction of sp³-hybridized carbons (Fsp3) is 0.286. The van der Waals surface area contributed by atoms with E-state index < -0.39 is 0 Å². The average Bonchev–Trinajstić information content (AvgIpc) is 2.87. The van der Waals surface area contributed by atoms with Crippen LogP contribution in [0.25, 0.3) is 0 Å². The first-order valence-electron chi connectivity index (χ1n) is 6.31. The number of imidazole rings is 1. The van der Waals surface area contributed by atoms with E-state index >= 15 is 0 Å². The van der Waals surface area contributed by atoms with Gasteiger partial charge in [-0.15, -0.1) is 0 Å². The van der Waals surface area contributed by atoms with Crippen LogP contribution in [0.2, 0.25) is 0 Å². The minimum atomic E-state index is -0.122. The van der Waals surface area contributed by atoms with E-state index in [1.165, 1.54) is 0 Å². The zero-order chi connectivity index (χ0) is 14.4. The van der Waals surface area contributed by atoms with Crippen molar-refractivity contribution in [1.29, 1.82) is 0 Å². The van der Waals surface area contributed by atoms with E-state index in [4.69, 9.17) is 4.74 Å². The van der Waals surface area contributed by atoms with Crippen LogP contribution >= 0.6 is 0 Å². The number of carbonyl (C=O) groups is 1. The Morgan fingerprint density at radius 2 is 2.20 bits per heavy atom. The number of para-hydroxylation sites is 2. The summed E-state index contributed by atoms with van der Waals surface area (Å²) in [6.07, 6.45) is 3.49. The van der Waals surface area contributed by atoms with E-state index in [1.54, 1.807) is 30.1 Å². The molecule has 0 bridgehead atoms. The minimum Gasteiger partial charge on any atom is -0.495 e. The molecule has 1 amide bonds. The number of benzene rings is 1. The maximum Gasteiger partial charge on any atom is 0.244 e. The van der Waals surface area contributed by atoms with Gasteiger partial charge in [0.15, 0.2) is 0 Å². The number of amides is 1. The van der Waals surface area contributed by atoms with Crippen molar-refractivity contribution in [1.82, 2.24) is 14.9 Å². The molecule has 0 fully saturated rings. The van der Waals surface area contributed by atoms with Crippen LogP contribution in [0.5, 0.6) is 5.75 Å². The molecule has 0 atom stereocenters. The van der Waals surface area contributed by atoms with Crippen molar-refractivity contribution in [3.8, 4) is 5.75 Å². The van der Waals surface area contributed by atoms with Crippen LogP contribution in [0.3, 0.4) is 0 Å². The second kappa shape index (κ2) is 6.72. The molecule has 0 radical (unpaired) electrons. The molecule has 20 heavy (non-hydrogen) atoms. The highest BCUT2D eigenvalue weighted by Gasteiger charge is 2.08. The molecular formula is C14H18N4O2. The lowest BCUT2D eigenvalue weighted by atomic mass is 10.3. The summed E-state index contributed by atoms with van der Waals surface area (Å²) in [5, 5.41) is 5.84. The van der Waals surface area contributed by atoms with E-state index in [1.807, 2.05) is 25.4 Å². The number of carbonyl (C=O) groups excluding carboxylic acids is 1. The van der Waals surface area contributed by atoms with E-state index in [2.05, 4.69) is 15.6 Å². The van der Waals surface area contributed by atoms with E-state index in [-0.39, 0.29) is 12.5 Å². The molecule has 2 rings (SSSR count). The first-order chi connectivity index (χ1) is 9.72. The molecule has 0 saturated carbocycles. The fourth-order valence-corrected chi connectivity index (χ4v) is 1.87. The number of nitrogens with one attached hydrogen (secondary N) is 2. The molecule has 1 aromatic carbocycles. The van der Waals surface area contributed by atoms with Gasteiger partial charge in [0.05, 0.1) is 24.8 Å². The number of rotatable bonds is 6. The fourth-order valence-electron chi connectivity index (χ4n) is 1.87. The number of hydrogen-bond acceptors (Lipinski definition) is 4. The van der Waals surface area contributed by atoms with Crippen LogP contribution in [0, 0.1) is 0 Å². The Morgan fingerprint density at radius 3 is 2.95 bits per heavy atom. The zero-order valence-electron chi connectivity index (χ0n) is 11.6. The Morgan fingerprint density at radius 1 is 1.40 bits per heavy atom. The third kappa shape index (κ3) is 3.58. The second-order valence-electron chi connectivity index (χ2n) is 4.32. The normalized spacial score (nSPS) is 10.3. The van der Waals surface area contributed by atoms with Gasteiger partial charge in [-0.3, -0.25) is 4.79 Å². The first kappa shape index (κ1) is 14.1. The summed E-state index contributed by atoms with van der Waals surface area (Å²) in [6.45, 7) is 0.899. The third-order valence-electron chi connectivity index (χ3n) is 2.75. The second-order valence-corrected chi connectivity index (χ2v) is 4.32. The number of anilines is 1. The zero-order valence-corrected chi connectivity index (χ0v) is 11.6. The minimum absolute atomic E-state index is 0.122. The molecule has 6 nitrogen and oxygen atoms in total. The lowest BCUT2D eigenvalue weighted by Crippen LogP contribution is -2.18. The lowest BCUT2D eigenvalue weighted by molar-refractivity contribution is -0.116. The Bertz CT molecular complexity index is 580. The van der Waals surface area contributed by atoms with Crippen molar-refractivity contribution >= 4 is 11.6 Å². The highest BCUT2D eigenvalue weighted by Crippen LogP contribution is 2.22. The molecule has 106 valence electrons. The first-order valence-corrected chi connectivity index (χ1v) is 6.31. The van der Waals surface area contributed by atoms with Crippen LogP contribution in [0.4, 0.5) is 5.69 Å². The summed E-state index contributed by atoms with van der Waals surface area (Å²) >= 11 is 0. The van der Waals surface area contributed by atoms with Crippen LogP contribution in [0.1, 0.15) is 5.69 Å². The maximum absolute atomic E-state index is 12.0. The number of aromatic nitrogens is 2. The topological polar surface area (TPSA) is 68.2 Å². The third-order valence-corrected chi connectivity index (χ3v) is 2.75. The quantitative estimate of drug-likeness (QED) is 0.832. The maximum atomic E-state index is 12.0. The molecule has 2 N–H and O–H groups in total. The SMILES string of the molecule is CNCc1cn(CC(=O)Nc2ccccc2OC)cn1. The van der Waals surface area contributed by atoms with E-state index in [9.17, 15) is 4.79 Å². The average molecular weight is 274 g/mol. The highest BCUT2D eigenvalue weighted by molar-refractivity contribution is 5.92. The van der Waals surface area contributed by atoms with Gasteiger partial charge in [0, 0.05) is 12.7 Å². The standard InChI is InChI=1S/C14H18N4O2/c1-15-7-11-8-18(10-16-11)9-14(19)17-12-5-3-4-6-13(12)20-2/h3-6,8,10,15H,7,9H2,1-2H3,(H,17,19). The van der Waals surface area contributed by atoms with Crippen molar-refractivity contribution in [2.24, 2.45) is 0 Å². The van der Waals surface area contributed by atoms with Gasteiger partial charge in [0.1, 0.15) is 12.3 Å². The van der Waals surface area contributed by atoms with Gasteiger partial charge < -0.3 is 19.9 Å². The summed E-state index contributed by atoms with van der Waals surface area (Å²) in [4.78, 5) is 16.2. The van der Waals surface area contributed by atoms with Gasteiger partial charge in [-0.2, -0.15) is 0 Å². The number of methoxy groups -OCH3 is 1. The summed E-state index contributed by atoms with van der Waals surface area (Å²) in [7, 11) is 3.43. The Kier molecular flexibility index (Phi) is 4.73. The van der Waals surface area contributed by atoms with Crippen molar-refractivity contribution in [2.45, 2.75) is 13.1 Å². The smallest absolute Gasteiger partial charge is 0.244 e. The van der Waals surface area contributed by atoms with Crippen molar-refractivity contribution in [3.05, 3.63) is 42.5 Å². The molecule has 2 aromatic rings. The summed E-state index contributed by atoms with van der Waals surface area (Å²) in [5.74, 6) is 0.519. The predicted molar refractivity (Wildman–Crippen MR) is 76.6 cm³/mol. The van der Waals surface area contributed by atoms with Crippen molar-refractivity contribution in [3.63, 3.8) is 0 Å². The van der Waals surface area contributed by atoms with E-state index in [0.717, 1.165) is 5.69 Å². The largest absolute Gasteiger partial charge is 0.495 e. The lowest BCUT2D eigenvalue weighted by Gasteiger charge is -2.09. The van der Waals surface area contributed by atoms with Gasteiger partial charge in [0.25, 0.3) is 0 Å². The summed E-state index contributed by atoms with van der Waals surface area (Å²) in [5.41, 5.74) is 1.56. The van der Waals surface area contributed by atoms with Gasteiger partial charge in [0.2, 0.25) is 5.91 Å². The summed E-state index contributed by atoms with van der Waals surface area (Å²) < 4.78 is 6.94. The number of ether oxygens (including phenoxy) is 1. The van der Waals surface area contributed by atoms with Crippen molar-refractivity contribution < 1.29 is 9.53 Å². The Balaban J connectivity index is 1.97. The van der Waals surface area contributed by atoms with Gasteiger partial charge in [-0.25, -0.2) is 4.98 Å². The molecular weight excluding hydrogens is 256 g/mol. The Labute approximate surface area is 117 Å². The monoisotopic (exact) mass is 274 g/mol. The molecule has 1 heterocycles. The van der Waals surface area contributed by atoms with Crippen LogP contribution in [-0.2, 0) is 17.9 Å². The van der Waals surface area contributed by atoms with E-state index in [0.29, 0.717) is 18.0 Å². The molecule has 0 aliphatic carbocycles. The van der Waals surface area contributed by atoms with Gasteiger partial charge in [-0.05, 0) is 19.2 Å². The molecule has 0 unspecified atom stereocenters. The molecule has 6 heteroatoms. The highest BCUT2D eigenvalue weighted by atomic mass is 16.5. The van der Waals surface area contributed by atoms with Crippen LogP contribution in [-0.4, -0.2) is 29.6 Å². The van der Waals surface area contributed by atoms with Gasteiger partial charge in [-0.1, -0.05) is 12.1 Å². The molecule has 0 aliphatic rings. The van der Waals surface area contributed by atoms with Crippen LogP contribution in [0.15, 0.2) is 36.8 Å². The van der Waals surface area contributed by atoms with Crippen LogP contribution < -0.4 is 15.4 Å². The molecule has 0 spiro atoms. The van der Waals surface area contributed by atoms with Crippen molar-refractivity contribution in [2.75, 3.05) is 19.5 Å². The number of hydrogen-bond donors (Lipinski definition) is 2. The Hall–Kier alpha value is -2.34. The predicted octanol–water partition coefficient (Wildman–Crippen LogP) is 1.25.